The maximum atomic E-state index is 10.2. The van der Waals surface area contributed by atoms with Gasteiger partial charge in [0.1, 0.15) is 11.9 Å². The number of rotatable bonds is 6. The molecule has 0 unspecified atom stereocenters. The van der Waals surface area contributed by atoms with E-state index in [0.29, 0.717) is 13.0 Å². The molecule has 0 aromatic carbocycles. The molecule has 0 saturated heterocycles. The third kappa shape index (κ3) is 5.63. The molecule has 0 aromatic rings. The second kappa shape index (κ2) is 5.50. The molecule has 0 spiro atoms. The topological polar surface area (TPSA) is 125 Å². The van der Waals surface area contributed by atoms with Crippen LogP contribution in [0.2, 0.25) is 0 Å². The summed E-state index contributed by atoms with van der Waals surface area (Å²) in [6.07, 6.45) is 0.336. The number of hydrogen-bond acceptors (Lipinski definition) is 4. The average molecular weight is 174 g/mol. The molecule has 0 fully saturated rings. The lowest BCUT2D eigenvalue weighted by atomic mass is 10.2. The van der Waals surface area contributed by atoms with Crippen LogP contribution in [0, 0.1) is 5.41 Å². The van der Waals surface area contributed by atoms with Crippen molar-refractivity contribution in [3.63, 3.8) is 0 Å². The summed E-state index contributed by atoms with van der Waals surface area (Å²) in [5.74, 6) is -0.987. The van der Waals surface area contributed by atoms with Crippen LogP contribution >= 0.6 is 0 Å². The van der Waals surface area contributed by atoms with Gasteiger partial charge in [-0.15, -0.1) is 0 Å². The highest BCUT2D eigenvalue weighted by atomic mass is 16.4. The van der Waals surface area contributed by atoms with Crippen LogP contribution in [0.15, 0.2) is 0 Å². The molecule has 0 aliphatic carbocycles. The molecule has 1 atom stereocenters. The van der Waals surface area contributed by atoms with Crippen LogP contribution in [0.5, 0.6) is 0 Å². The monoisotopic (exact) mass is 174 g/mol. The third-order valence-electron chi connectivity index (χ3n) is 1.26. The highest BCUT2D eigenvalue weighted by Gasteiger charge is 2.09. The van der Waals surface area contributed by atoms with Gasteiger partial charge in [-0.05, 0) is 13.0 Å². The van der Waals surface area contributed by atoms with E-state index in [1.165, 1.54) is 0 Å². The summed E-state index contributed by atoms with van der Waals surface area (Å²) in [5.41, 5.74) is 10.3. The molecule has 0 heterocycles. The minimum atomic E-state index is -1.01. The standard InChI is InChI=1S/C6H14N4O2/c7-4(6(11)12)1-2-10-3-5(8)9/h4,10H,1-3,7H2,(H3,8,9)(H,11,12)/t4-/m1/s1. The summed E-state index contributed by atoms with van der Waals surface area (Å²) >= 11 is 0. The first kappa shape index (κ1) is 10.9. The van der Waals surface area contributed by atoms with Gasteiger partial charge in [0.25, 0.3) is 0 Å². The van der Waals surface area contributed by atoms with Crippen molar-refractivity contribution in [2.75, 3.05) is 13.1 Å². The molecular weight excluding hydrogens is 160 g/mol. The molecule has 0 radical (unpaired) electrons. The highest BCUT2D eigenvalue weighted by Crippen LogP contribution is 1.84. The van der Waals surface area contributed by atoms with Gasteiger partial charge >= 0.3 is 5.97 Å². The zero-order valence-electron chi connectivity index (χ0n) is 6.71. The average Bonchev–Trinajstić information content (AvgIpc) is 1.97. The van der Waals surface area contributed by atoms with Gasteiger partial charge in [-0.2, -0.15) is 0 Å². The Morgan fingerprint density at radius 3 is 2.67 bits per heavy atom. The molecule has 0 aliphatic rings. The van der Waals surface area contributed by atoms with E-state index in [2.05, 4.69) is 5.32 Å². The van der Waals surface area contributed by atoms with Crippen molar-refractivity contribution in [3.8, 4) is 0 Å². The van der Waals surface area contributed by atoms with E-state index < -0.39 is 12.0 Å². The summed E-state index contributed by atoms with van der Waals surface area (Å²) in [6.45, 7) is 0.722. The quantitative estimate of drug-likeness (QED) is 0.187. The lowest BCUT2D eigenvalue weighted by molar-refractivity contribution is -0.138. The molecule has 70 valence electrons. The van der Waals surface area contributed by atoms with Crippen LogP contribution in [0.3, 0.4) is 0 Å². The van der Waals surface area contributed by atoms with Crippen molar-refractivity contribution in [2.24, 2.45) is 11.5 Å². The smallest absolute Gasteiger partial charge is 0.320 e. The van der Waals surface area contributed by atoms with Gasteiger partial charge in [-0.1, -0.05) is 0 Å². The zero-order valence-corrected chi connectivity index (χ0v) is 6.71. The predicted molar refractivity (Wildman–Crippen MR) is 45.0 cm³/mol. The van der Waals surface area contributed by atoms with Crippen molar-refractivity contribution in [3.05, 3.63) is 0 Å². The molecule has 0 bridgehead atoms. The second-order valence-electron chi connectivity index (χ2n) is 2.44. The Morgan fingerprint density at radius 1 is 1.67 bits per heavy atom. The van der Waals surface area contributed by atoms with Crippen LogP contribution in [0.4, 0.5) is 0 Å². The molecule has 7 N–H and O–H groups in total. The Balaban J connectivity index is 3.31. The van der Waals surface area contributed by atoms with Gasteiger partial charge in [-0.3, -0.25) is 10.2 Å². The van der Waals surface area contributed by atoms with Gasteiger partial charge < -0.3 is 21.9 Å². The first-order valence-corrected chi connectivity index (χ1v) is 3.56. The number of amidine groups is 1. The Labute approximate surface area is 70.4 Å². The summed E-state index contributed by atoms with van der Waals surface area (Å²) in [7, 11) is 0. The largest absolute Gasteiger partial charge is 0.480 e. The fourth-order valence-corrected chi connectivity index (χ4v) is 0.604. The zero-order chi connectivity index (χ0) is 9.56. The minimum Gasteiger partial charge on any atom is -0.480 e. The summed E-state index contributed by atoms with van der Waals surface area (Å²) < 4.78 is 0. The van der Waals surface area contributed by atoms with Crippen molar-refractivity contribution in [1.82, 2.24) is 5.32 Å². The fourth-order valence-electron chi connectivity index (χ4n) is 0.604. The Bertz CT molecular complexity index is 171. The van der Waals surface area contributed by atoms with Crippen molar-refractivity contribution in [1.29, 1.82) is 5.41 Å². The Hall–Kier alpha value is -1.14. The number of nitrogens with two attached hydrogens (primary N) is 2. The summed E-state index contributed by atoms with van der Waals surface area (Å²) in [5, 5.41) is 18.0. The molecule has 6 heteroatoms. The van der Waals surface area contributed by atoms with Crippen molar-refractivity contribution >= 4 is 11.8 Å². The third-order valence-corrected chi connectivity index (χ3v) is 1.26. The highest BCUT2D eigenvalue weighted by molar-refractivity contribution is 5.78. The number of carbonyl (C=O) groups is 1. The number of carboxylic acids is 1. The Kier molecular flexibility index (Phi) is 4.98. The van der Waals surface area contributed by atoms with Gasteiger partial charge in [0.15, 0.2) is 0 Å². The van der Waals surface area contributed by atoms with Crippen LogP contribution in [0.25, 0.3) is 0 Å². The molecule has 0 aliphatic heterocycles. The van der Waals surface area contributed by atoms with E-state index in [9.17, 15) is 4.79 Å². The predicted octanol–water partition coefficient (Wildman–Crippen LogP) is -1.69. The number of carboxylic acid groups (broad SMARTS) is 1. The van der Waals surface area contributed by atoms with Crippen molar-refractivity contribution in [2.45, 2.75) is 12.5 Å². The molecule has 0 saturated carbocycles. The number of aliphatic carboxylic acids is 1. The lowest BCUT2D eigenvalue weighted by Crippen LogP contribution is -2.36. The van der Waals surface area contributed by atoms with E-state index in [1.807, 2.05) is 0 Å². The first-order chi connectivity index (χ1) is 5.54. The normalized spacial score (nSPS) is 12.4. The van der Waals surface area contributed by atoms with Crippen LogP contribution in [-0.2, 0) is 4.79 Å². The van der Waals surface area contributed by atoms with Gasteiger partial charge in [-0.25, -0.2) is 0 Å². The van der Waals surface area contributed by atoms with Gasteiger partial charge in [0.2, 0.25) is 0 Å². The summed E-state index contributed by atoms with van der Waals surface area (Å²) in [6, 6.07) is -0.843. The van der Waals surface area contributed by atoms with E-state index in [0.717, 1.165) is 0 Å². The summed E-state index contributed by atoms with van der Waals surface area (Å²) in [4.78, 5) is 10.2. The lowest BCUT2D eigenvalue weighted by Gasteiger charge is -2.06. The van der Waals surface area contributed by atoms with E-state index in [-0.39, 0.29) is 12.4 Å². The number of hydrogen-bond donors (Lipinski definition) is 5. The molecule has 0 rings (SSSR count). The van der Waals surface area contributed by atoms with E-state index in [1.54, 1.807) is 0 Å². The van der Waals surface area contributed by atoms with Gasteiger partial charge in [0.05, 0.1) is 6.54 Å². The maximum absolute atomic E-state index is 10.2. The van der Waals surface area contributed by atoms with Crippen molar-refractivity contribution < 1.29 is 9.90 Å². The molecule has 0 aromatic heterocycles. The van der Waals surface area contributed by atoms with Crippen LogP contribution in [0.1, 0.15) is 6.42 Å². The van der Waals surface area contributed by atoms with Crippen LogP contribution in [-0.4, -0.2) is 36.0 Å². The molecular formula is C6H14N4O2. The van der Waals surface area contributed by atoms with Gasteiger partial charge in [0, 0.05) is 0 Å². The molecule has 12 heavy (non-hydrogen) atoms. The maximum Gasteiger partial charge on any atom is 0.320 e. The molecule has 0 amide bonds. The minimum absolute atomic E-state index is 0.0268. The SMILES string of the molecule is N=C(N)CNCC[C@@H](N)C(=O)O. The first-order valence-electron chi connectivity index (χ1n) is 3.56. The fraction of sp³-hybridized carbons (Fsp3) is 0.667. The second-order valence-corrected chi connectivity index (χ2v) is 2.44. The van der Waals surface area contributed by atoms with E-state index in [4.69, 9.17) is 22.0 Å². The van der Waals surface area contributed by atoms with Crippen LogP contribution < -0.4 is 16.8 Å². The Morgan fingerprint density at radius 2 is 2.25 bits per heavy atom. The number of nitrogens with one attached hydrogen (secondary N) is 2. The molecule has 6 nitrogen and oxygen atoms in total. The van der Waals surface area contributed by atoms with E-state index >= 15 is 0 Å².